The minimum atomic E-state index is -2.06. The minimum Gasteiger partial charge on any atom is -0.355 e. The highest BCUT2D eigenvalue weighted by Crippen LogP contribution is 2.38. The van der Waals surface area contributed by atoms with Gasteiger partial charge in [0, 0.05) is 23.0 Å². The molecule has 2 atom stereocenters. The molecular weight excluding hydrogens is 372 g/mol. The number of aliphatic hydroxyl groups is 1. The highest BCUT2D eigenvalue weighted by atomic mass is 32.2. The van der Waals surface area contributed by atoms with E-state index in [1.807, 2.05) is 19.2 Å². The first kappa shape index (κ1) is 17.7. The van der Waals surface area contributed by atoms with Crippen molar-refractivity contribution in [3.8, 4) is 0 Å². The second kappa shape index (κ2) is 6.90. The molecule has 6 nitrogen and oxygen atoms in total. The molecule has 2 aliphatic rings. The van der Waals surface area contributed by atoms with Crippen LogP contribution >= 0.6 is 0 Å². The molecule has 1 aromatic heterocycles. The molecule has 0 spiro atoms. The van der Waals surface area contributed by atoms with E-state index in [1.165, 1.54) is 22.3 Å². The van der Waals surface area contributed by atoms with Crippen LogP contribution in [0.1, 0.15) is 35.1 Å². The second-order valence-corrected chi connectivity index (χ2v) is 8.94. The Bertz CT molecular complexity index is 1130. The van der Waals surface area contributed by atoms with Gasteiger partial charge in [0.05, 0.1) is 22.3 Å². The number of fused-ring (bicyclic) bond motifs is 3. The Hall–Kier alpha value is -2.38. The molecule has 0 saturated carbocycles. The summed E-state index contributed by atoms with van der Waals surface area (Å²) in [6.07, 6.45) is 7.12. The lowest BCUT2D eigenvalue weighted by atomic mass is 9.99. The number of anilines is 1. The average Bonchev–Trinajstić information content (AvgIpc) is 3.41. The van der Waals surface area contributed by atoms with E-state index in [0.29, 0.717) is 4.90 Å². The highest BCUT2D eigenvalue weighted by Gasteiger charge is 2.24. The van der Waals surface area contributed by atoms with E-state index in [4.69, 9.17) is 0 Å². The summed E-state index contributed by atoms with van der Waals surface area (Å²) in [5.74, 6) is 0. The van der Waals surface area contributed by atoms with Crippen molar-refractivity contribution in [3.05, 3.63) is 52.7 Å². The first-order valence-electron chi connectivity index (χ1n) is 9.81. The van der Waals surface area contributed by atoms with Crippen molar-refractivity contribution in [2.24, 2.45) is 11.4 Å². The first-order chi connectivity index (χ1) is 13.6. The van der Waals surface area contributed by atoms with Crippen molar-refractivity contribution in [3.63, 3.8) is 0 Å². The lowest BCUT2D eigenvalue weighted by molar-refractivity contribution is 0.216. The number of benzene rings is 2. The van der Waals surface area contributed by atoms with Crippen LogP contribution in [0.2, 0.25) is 0 Å². The summed E-state index contributed by atoms with van der Waals surface area (Å²) >= 11 is 0. The molecule has 7 heteroatoms. The Balaban J connectivity index is 1.44. The van der Waals surface area contributed by atoms with Gasteiger partial charge in [-0.05, 0) is 79.0 Å². The minimum absolute atomic E-state index is 0.597. The van der Waals surface area contributed by atoms with Crippen LogP contribution in [0, 0.1) is 0 Å². The van der Waals surface area contributed by atoms with Gasteiger partial charge in [-0.15, -0.1) is 0 Å². The molecule has 2 aliphatic carbocycles. The summed E-state index contributed by atoms with van der Waals surface area (Å²) in [7, 11) is -0.190. The van der Waals surface area contributed by atoms with Crippen molar-refractivity contribution in [1.29, 1.82) is 0 Å². The third kappa shape index (κ3) is 2.99. The molecule has 5 rings (SSSR count). The second-order valence-electron chi connectivity index (χ2n) is 7.65. The van der Waals surface area contributed by atoms with Gasteiger partial charge >= 0.3 is 0 Å². The number of rotatable bonds is 4. The van der Waals surface area contributed by atoms with E-state index < -0.39 is 16.9 Å². The fourth-order valence-electron chi connectivity index (χ4n) is 4.58. The van der Waals surface area contributed by atoms with Gasteiger partial charge in [0.25, 0.3) is 0 Å². The zero-order valence-corrected chi connectivity index (χ0v) is 16.7. The molecule has 3 aromatic rings. The smallest absolute Gasteiger partial charge is 0.231 e. The molecule has 0 fully saturated rings. The SMILES string of the molecule is Cn1ncc2cc(/[SH](=O)=N/C(O)Nc3c4c(cc5c3CCC5)CCC4)ccc21. The van der Waals surface area contributed by atoms with Crippen molar-refractivity contribution < 1.29 is 9.32 Å². The summed E-state index contributed by atoms with van der Waals surface area (Å²) in [6.45, 7) is 0. The molecule has 1 heterocycles. The van der Waals surface area contributed by atoms with E-state index in [0.717, 1.165) is 55.1 Å². The maximum absolute atomic E-state index is 12.7. The Labute approximate surface area is 165 Å². The molecule has 0 radical (unpaired) electrons. The zero-order valence-electron chi connectivity index (χ0n) is 15.9. The fourth-order valence-corrected chi connectivity index (χ4v) is 5.43. The Morgan fingerprint density at radius 1 is 1.14 bits per heavy atom. The molecule has 146 valence electrons. The zero-order chi connectivity index (χ0) is 19.3. The first-order valence-corrected chi connectivity index (χ1v) is 11.0. The van der Waals surface area contributed by atoms with Gasteiger partial charge in [-0.1, -0.05) is 6.07 Å². The van der Waals surface area contributed by atoms with Gasteiger partial charge < -0.3 is 10.4 Å². The third-order valence-electron chi connectivity index (χ3n) is 5.91. The van der Waals surface area contributed by atoms with Crippen molar-refractivity contribution >= 4 is 27.2 Å². The number of aromatic nitrogens is 2. The Kier molecular flexibility index (Phi) is 4.36. The number of thiol groups is 1. The van der Waals surface area contributed by atoms with Crippen LogP contribution in [0.25, 0.3) is 10.9 Å². The van der Waals surface area contributed by atoms with E-state index >= 15 is 0 Å². The van der Waals surface area contributed by atoms with Crippen LogP contribution in [0.4, 0.5) is 5.69 Å². The Morgan fingerprint density at radius 3 is 2.57 bits per heavy atom. The number of hydrogen-bond acceptors (Lipinski definition) is 5. The van der Waals surface area contributed by atoms with E-state index in [9.17, 15) is 9.32 Å². The molecule has 0 aliphatic heterocycles. The van der Waals surface area contributed by atoms with Crippen molar-refractivity contribution in [1.82, 2.24) is 9.78 Å². The number of nitrogens with zero attached hydrogens (tertiary/aromatic N) is 3. The maximum Gasteiger partial charge on any atom is 0.231 e. The predicted molar refractivity (Wildman–Crippen MR) is 111 cm³/mol. The Morgan fingerprint density at radius 2 is 1.86 bits per heavy atom. The van der Waals surface area contributed by atoms with Crippen LogP contribution in [0.5, 0.6) is 0 Å². The third-order valence-corrected chi connectivity index (χ3v) is 7.06. The lowest BCUT2D eigenvalue weighted by Crippen LogP contribution is -2.18. The van der Waals surface area contributed by atoms with Gasteiger partial charge in [-0.3, -0.25) is 4.68 Å². The molecule has 28 heavy (non-hydrogen) atoms. The monoisotopic (exact) mass is 396 g/mol. The summed E-state index contributed by atoms with van der Waals surface area (Å²) in [5.41, 5.74) is 7.40. The summed E-state index contributed by atoms with van der Waals surface area (Å²) < 4.78 is 18.6. The number of hydrogen-bond donors (Lipinski definition) is 3. The quantitative estimate of drug-likeness (QED) is 0.468. The fraction of sp³-hybridized carbons (Fsp3) is 0.381. The normalized spacial score (nSPS) is 17.6. The molecule has 0 bridgehead atoms. The highest BCUT2D eigenvalue weighted by molar-refractivity contribution is 7.75. The number of nitrogens with one attached hydrogen (secondary N) is 1. The van der Waals surface area contributed by atoms with Gasteiger partial charge in [-0.25, -0.2) is 4.21 Å². The van der Waals surface area contributed by atoms with Crippen molar-refractivity contribution in [2.45, 2.75) is 49.8 Å². The lowest BCUT2D eigenvalue weighted by Gasteiger charge is -2.18. The number of aryl methyl sites for hydroxylation is 3. The van der Waals surface area contributed by atoms with Crippen molar-refractivity contribution in [2.75, 3.05) is 5.32 Å². The summed E-state index contributed by atoms with van der Waals surface area (Å²) in [4.78, 5) is 0.597. The van der Waals surface area contributed by atoms with E-state index in [-0.39, 0.29) is 0 Å². The largest absolute Gasteiger partial charge is 0.355 e. The van der Waals surface area contributed by atoms with Gasteiger partial charge in [-0.2, -0.15) is 9.46 Å². The van der Waals surface area contributed by atoms with Crippen LogP contribution in [-0.2, 0) is 43.3 Å². The number of aliphatic hydroxyl groups excluding tert-OH is 1. The molecule has 2 unspecified atom stereocenters. The van der Waals surface area contributed by atoms with Crippen LogP contribution < -0.4 is 5.32 Å². The van der Waals surface area contributed by atoms with E-state index in [2.05, 4.69) is 20.8 Å². The maximum atomic E-state index is 12.7. The van der Waals surface area contributed by atoms with Gasteiger partial charge in [0.2, 0.25) is 6.35 Å². The predicted octanol–water partition coefficient (Wildman–Crippen LogP) is 2.96. The van der Waals surface area contributed by atoms with Crippen LogP contribution in [0.15, 0.2) is 39.7 Å². The molecule has 2 N–H and O–H groups in total. The van der Waals surface area contributed by atoms with Crippen LogP contribution in [0.3, 0.4) is 0 Å². The molecule has 0 saturated heterocycles. The summed E-state index contributed by atoms with van der Waals surface area (Å²) in [5, 5.41) is 18.8. The standard InChI is InChI=1S/C21H24N4O2S/c1-25-19-9-8-16(11-15(19)12-22-25)28(27)24-21(26)23-20-17-6-2-4-13(17)10-14-5-3-7-18(14)20/h8-12,21,23,26,28H,2-7H2,1H3. The topological polar surface area (TPSA) is 79.5 Å². The van der Waals surface area contributed by atoms with Gasteiger partial charge in [0.1, 0.15) is 0 Å². The van der Waals surface area contributed by atoms with Gasteiger partial charge in [0.15, 0.2) is 0 Å². The average molecular weight is 397 g/mol. The molecular formula is C21H24N4O2S. The summed E-state index contributed by atoms with van der Waals surface area (Å²) in [6, 6.07) is 7.85. The molecule has 0 amide bonds. The van der Waals surface area contributed by atoms with Crippen LogP contribution in [-0.4, -0.2) is 25.4 Å². The van der Waals surface area contributed by atoms with E-state index in [1.54, 1.807) is 16.9 Å². The molecule has 2 aromatic carbocycles.